The van der Waals surface area contributed by atoms with Crippen molar-refractivity contribution in [3.63, 3.8) is 0 Å². The molecule has 3 aliphatic heterocycles. The topological polar surface area (TPSA) is 47.7 Å². The zero-order chi connectivity index (χ0) is 16.0. The van der Waals surface area contributed by atoms with E-state index in [0.717, 1.165) is 44.9 Å². The quantitative estimate of drug-likeness (QED) is 0.899. The molecule has 3 fully saturated rings. The van der Waals surface area contributed by atoms with Gasteiger partial charge in [0.1, 0.15) is 17.7 Å². The molecule has 3 heterocycles. The predicted molar refractivity (Wildman–Crippen MR) is 80.8 cm³/mol. The monoisotopic (exact) mass is 324 g/mol. The molecule has 0 saturated carbocycles. The van der Waals surface area contributed by atoms with E-state index in [9.17, 15) is 8.78 Å². The number of hydrogen-bond donors (Lipinski definition) is 1. The molecule has 0 aliphatic carbocycles. The van der Waals surface area contributed by atoms with Crippen molar-refractivity contribution < 1.29 is 18.3 Å². The molecule has 4 rings (SSSR count). The Kier molecular flexibility index (Phi) is 4.09. The lowest BCUT2D eigenvalue weighted by Gasteiger charge is -2.39. The molecule has 5 atom stereocenters. The van der Waals surface area contributed by atoms with E-state index in [4.69, 9.17) is 15.2 Å². The second kappa shape index (κ2) is 6.09. The van der Waals surface area contributed by atoms with Crippen molar-refractivity contribution in [1.29, 1.82) is 0 Å². The van der Waals surface area contributed by atoms with E-state index in [1.165, 1.54) is 6.07 Å². The van der Waals surface area contributed by atoms with Crippen LogP contribution in [0.25, 0.3) is 0 Å². The molecule has 0 bridgehead atoms. The summed E-state index contributed by atoms with van der Waals surface area (Å²) in [6, 6.07) is 3.36. The average molecular weight is 324 g/mol. The maximum absolute atomic E-state index is 14.0. The van der Waals surface area contributed by atoms with Gasteiger partial charge in [0.25, 0.3) is 0 Å². The Morgan fingerprint density at radius 2 is 1.83 bits per heavy atom. The Balaban J connectivity index is 1.43. The van der Waals surface area contributed by atoms with Crippen LogP contribution >= 0.6 is 0 Å². The van der Waals surface area contributed by atoms with Crippen LogP contribution in [0, 0.1) is 23.5 Å². The van der Waals surface area contributed by atoms with E-state index < -0.39 is 17.7 Å². The van der Waals surface area contributed by atoms with E-state index in [-0.39, 0.29) is 17.6 Å². The third kappa shape index (κ3) is 2.89. The zero-order valence-corrected chi connectivity index (χ0v) is 13.0. The Morgan fingerprint density at radius 1 is 1.09 bits per heavy atom. The summed E-state index contributed by atoms with van der Waals surface area (Å²) in [4.78, 5) is 2.43. The van der Waals surface area contributed by atoms with Gasteiger partial charge in [0.2, 0.25) is 0 Å². The summed E-state index contributed by atoms with van der Waals surface area (Å²) in [5.41, 5.74) is 6.46. The molecule has 2 N–H and O–H groups in total. The number of halogens is 2. The number of ether oxygens (including phenoxy) is 2. The lowest BCUT2D eigenvalue weighted by molar-refractivity contribution is -0.0498. The van der Waals surface area contributed by atoms with Crippen molar-refractivity contribution in [2.24, 2.45) is 17.6 Å². The molecular formula is C17H22F2N2O2. The van der Waals surface area contributed by atoms with Crippen LogP contribution in [0.15, 0.2) is 18.2 Å². The molecule has 3 saturated heterocycles. The molecule has 0 aromatic heterocycles. The van der Waals surface area contributed by atoms with Gasteiger partial charge in [-0.3, -0.25) is 4.90 Å². The van der Waals surface area contributed by atoms with Gasteiger partial charge in [-0.15, -0.1) is 0 Å². The van der Waals surface area contributed by atoms with Gasteiger partial charge >= 0.3 is 0 Å². The molecule has 0 amide bonds. The number of benzene rings is 1. The minimum atomic E-state index is -0.576. The van der Waals surface area contributed by atoms with Crippen molar-refractivity contribution in [3.8, 4) is 0 Å². The average Bonchev–Trinajstić information content (AvgIpc) is 3.11. The van der Waals surface area contributed by atoms with E-state index in [0.29, 0.717) is 18.4 Å². The van der Waals surface area contributed by atoms with Crippen LogP contribution < -0.4 is 5.73 Å². The summed E-state index contributed by atoms with van der Waals surface area (Å²) in [7, 11) is 0. The molecule has 126 valence electrons. The van der Waals surface area contributed by atoms with E-state index >= 15 is 0 Å². The number of nitrogens with zero attached hydrogens (tertiary/aromatic N) is 1. The van der Waals surface area contributed by atoms with Gasteiger partial charge in [-0.25, -0.2) is 8.78 Å². The molecular weight excluding hydrogens is 302 g/mol. The number of fused-ring (bicyclic) bond motifs is 1. The van der Waals surface area contributed by atoms with Gasteiger partial charge < -0.3 is 15.2 Å². The molecule has 23 heavy (non-hydrogen) atoms. The standard InChI is InChI=1S/C17H22F2N2O2/c18-12-1-2-15(19)14(3-12)17-16(20)4-13(9-23-17)21-5-10-7-22-8-11(10)6-21/h1-3,10-11,13,16-17H,4-9,20H2. The summed E-state index contributed by atoms with van der Waals surface area (Å²) >= 11 is 0. The van der Waals surface area contributed by atoms with Crippen LogP contribution in [0.3, 0.4) is 0 Å². The fraction of sp³-hybridized carbons (Fsp3) is 0.647. The summed E-state index contributed by atoms with van der Waals surface area (Å²) < 4.78 is 38.7. The van der Waals surface area contributed by atoms with Gasteiger partial charge in [0.15, 0.2) is 0 Å². The molecule has 6 heteroatoms. The first-order valence-corrected chi connectivity index (χ1v) is 8.25. The van der Waals surface area contributed by atoms with Crippen LogP contribution in [0.4, 0.5) is 8.78 Å². The van der Waals surface area contributed by atoms with Crippen LogP contribution in [0.5, 0.6) is 0 Å². The second-order valence-electron chi connectivity index (χ2n) is 6.98. The normalized spacial score (nSPS) is 38.0. The zero-order valence-electron chi connectivity index (χ0n) is 13.0. The van der Waals surface area contributed by atoms with Crippen LogP contribution in [-0.2, 0) is 9.47 Å². The van der Waals surface area contributed by atoms with Gasteiger partial charge in [0, 0.05) is 42.6 Å². The lowest BCUT2D eigenvalue weighted by Crippen LogP contribution is -2.49. The number of hydrogen-bond acceptors (Lipinski definition) is 4. The Labute approximate surface area is 134 Å². The maximum atomic E-state index is 14.0. The largest absolute Gasteiger partial charge is 0.381 e. The highest BCUT2D eigenvalue weighted by Crippen LogP contribution is 2.35. The Bertz CT molecular complexity index is 574. The van der Waals surface area contributed by atoms with Gasteiger partial charge in [-0.05, 0) is 24.6 Å². The summed E-state index contributed by atoms with van der Waals surface area (Å²) in [6.45, 7) is 4.24. The summed E-state index contributed by atoms with van der Waals surface area (Å²) in [5, 5.41) is 0. The van der Waals surface area contributed by atoms with Crippen molar-refractivity contribution >= 4 is 0 Å². The Morgan fingerprint density at radius 3 is 2.52 bits per heavy atom. The van der Waals surface area contributed by atoms with Crippen molar-refractivity contribution in [1.82, 2.24) is 4.90 Å². The molecule has 5 unspecified atom stereocenters. The van der Waals surface area contributed by atoms with Crippen molar-refractivity contribution in [2.45, 2.75) is 24.6 Å². The fourth-order valence-electron chi connectivity index (χ4n) is 4.17. The predicted octanol–water partition coefficient (Wildman–Crippen LogP) is 1.70. The highest BCUT2D eigenvalue weighted by Gasteiger charge is 2.42. The molecule has 4 nitrogen and oxygen atoms in total. The smallest absolute Gasteiger partial charge is 0.129 e. The Hall–Kier alpha value is -1.08. The minimum absolute atomic E-state index is 0.225. The van der Waals surface area contributed by atoms with Crippen molar-refractivity contribution in [2.75, 3.05) is 32.9 Å². The third-order valence-electron chi connectivity index (χ3n) is 5.45. The summed E-state index contributed by atoms with van der Waals surface area (Å²) in [6.07, 6.45) is 0.161. The highest BCUT2D eigenvalue weighted by atomic mass is 19.1. The van der Waals surface area contributed by atoms with Gasteiger partial charge in [0.05, 0.1) is 19.8 Å². The first kappa shape index (κ1) is 15.4. The number of rotatable bonds is 2. The fourth-order valence-corrected chi connectivity index (χ4v) is 4.17. The van der Waals surface area contributed by atoms with E-state index in [2.05, 4.69) is 4.90 Å². The first-order chi connectivity index (χ1) is 11.1. The van der Waals surface area contributed by atoms with Gasteiger partial charge in [-0.1, -0.05) is 0 Å². The van der Waals surface area contributed by atoms with Crippen molar-refractivity contribution in [3.05, 3.63) is 35.4 Å². The maximum Gasteiger partial charge on any atom is 0.129 e. The van der Waals surface area contributed by atoms with Crippen LogP contribution in [0.1, 0.15) is 18.1 Å². The molecule has 3 aliphatic rings. The SMILES string of the molecule is NC1CC(N2CC3COCC3C2)COC1c1cc(F)ccc1F. The minimum Gasteiger partial charge on any atom is -0.381 e. The molecule has 1 aromatic rings. The van der Waals surface area contributed by atoms with E-state index in [1.807, 2.05) is 0 Å². The third-order valence-corrected chi connectivity index (χ3v) is 5.45. The molecule has 0 radical (unpaired) electrons. The molecule has 1 aromatic carbocycles. The van der Waals surface area contributed by atoms with E-state index in [1.54, 1.807) is 0 Å². The lowest BCUT2D eigenvalue weighted by atomic mass is 9.93. The number of nitrogens with two attached hydrogens (primary N) is 1. The second-order valence-corrected chi connectivity index (χ2v) is 6.98. The molecule has 0 spiro atoms. The highest BCUT2D eigenvalue weighted by molar-refractivity contribution is 5.23. The van der Waals surface area contributed by atoms with Crippen LogP contribution in [-0.4, -0.2) is 49.9 Å². The van der Waals surface area contributed by atoms with Crippen LogP contribution in [0.2, 0.25) is 0 Å². The number of likely N-dealkylation sites (tertiary alicyclic amines) is 1. The summed E-state index contributed by atoms with van der Waals surface area (Å²) in [5.74, 6) is 0.305. The first-order valence-electron chi connectivity index (χ1n) is 8.25. The van der Waals surface area contributed by atoms with Gasteiger partial charge in [-0.2, -0.15) is 0 Å².